The van der Waals surface area contributed by atoms with Crippen molar-refractivity contribution >= 4 is 29.1 Å². The monoisotopic (exact) mass is 362 g/mol. The molecule has 0 radical (unpaired) electrons. The highest BCUT2D eigenvalue weighted by Gasteiger charge is 2.19. The molecule has 0 unspecified atom stereocenters. The molecule has 6 heteroatoms. The first-order valence-corrected chi connectivity index (χ1v) is 8.08. The standard InChI is InChI=1S/C18H16Cl2N2O2/c1-11(16-8-5-14(19)9-17(16)20)22-18(23)12(2)24-15-6-3-13(10-21)4-7-15/h3-9,11-12H,1-2H3,(H,22,23)/t11-,12+/m0/s1. The molecule has 124 valence electrons. The summed E-state index contributed by atoms with van der Waals surface area (Å²) in [5.74, 6) is 0.256. The molecule has 0 aromatic heterocycles. The van der Waals surface area contributed by atoms with E-state index in [-0.39, 0.29) is 11.9 Å². The van der Waals surface area contributed by atoms with Gasteiger partial charge in [0.05, 0.1) is 17.7 Å². The quantitative estimate of drug-likeness (QED) is 0.850. The molecule has 2 atom stereocenters. The van der Waals surface area contributed by atoms with Gasteiger partial charge in [-0.25, -0.2) is 0 Å². The Kier molecular flexibility index (Phi) is 6.08. The lowest BCUT2D eigenvalue weighted by Crippen LogP contribution is -2.37. The van der Waals surface area contributed by atoms with E-state index in [1.807, 2.05) is 13.0 Å². The maximum Gasteiger partial charge on any atom is 0.261 e. The molecule has 0 aliphatic rings. The van der Waals surface area contributed by atoms with Crippen LogP contribution in [0.3, 0.4) is 0 Å². The number of carbonyl (C=O) groups is 1. The fourth-order valence-electron chi connectivity index (χ4n) is 2.13. The minimum Gasteiger partial charge on any atom is -0.481 e. The van der Waals surface area contributed by atoms with Gasteiger partial charge in [-0.2, -0.15) is 5.26 Å². The van der Waals surface area contributed by atoms with Crippen molar-refractivity contribution in [2.24, 2.45) is 0 Å². The van der Waals surface area contributed by atoms with Gasteiger partial charge < -0.3 is 10.1 Å². The molecule has 0 saturated heterocycles. The van der Waals surface area contributed by atoms with Gasteiger partial charge in [-0.3, -0.25) is 4.79 Å². The van der Waals surface area contributed by atoms with Crippen molar-refractivity contribution in [2.75, 3.05) is 0 Å². The number of rotatable bonds is 5. The molecular weight excluding hydrogens is 347 g/mol. The molecule has 24 heavy (non-hydrogen) atoms. The molecule has 0 spiro atoms. The zero-order valence-corrected chi connectivity index (χ0v) is 14.7. The average Bonchev–Trinajstić information content (AvgIpc) is 2.55. The van der Waals surface area contributed by atoms with Crippen molar-refractivity contribution in [1.82, 2.24) is 5.32 Å². The van der Waals surface area contributed by atoms with Gasteiger partial charge in [-0.1, -0.05) is 29.3 Å². The zero-order chi connectivity index (χ0) is 17.7. The van der Waals surface area contributed by atoms with Gasteiger partial charge in [0.2, 0.25) is 0 Å². The molecule has 0 fully saturated rings. The Bertz CT molecular complexity index is 770. The highest BCUT2D eigenvalue weighted by Crippen LogP contribution is 2.26. The second kappa shape index (κ2) is 8.05. The van der Waals surface area contributed by atoms with Crippen molar-refractivity contribution in [2.45, 2.75) is 26.0 Å². The summed E-state index contributed by atoms with van der Waals surface area (Å²) in [5.41, 5.74) is 1.31. The van der Waals surface area contributed by atoms with Crippen LogP contribution < -0.4 is 10.1 Å². The van der Waals surface area contributed by atoms with Crippen LogP contribution in [-0.2, 0) is 4.79 Å². The van der Waals surface area contributed by atoms with E-state index in [2.05, 4.69) is 5.32 Å². The van der Waals surface area contributed by atoms with Crippen LogP contribution in [0.2, 0.25) is 10.0 Å². The van der Waals surface area contributed by atoms with Gasteiger partial charge in [0.25, 0.3) is 5.91 Å². The number of carbonyl (C=O) groups excluding carboxylic acids is 1. The van der Waals surface area contributed by atoms with E-state index in [0.29, 0.717) is 21.4 Å². The second-order valence-corrected chi connectivity index (χ2v) is 6.14. The summed E-state index contributed by atoms with van der Waals surface area (Å²) in [6, 6.07) is 13.5. The van der Waals surface area contributed by atoms with E-state index >= 15 is 0 Å². The van der Waals surface area contributed by atoms with Crippen molar-refractivity contribution in [3.8, 4) is 11.8 Å². The van der Waals surface area contributed by atoms with Crippen LogP contribution in [0.1, 0.15) is 31.0 Å². The van der Waals surface area contributed by atoms with Crippen LogP contribution >= 0.6 is 23.2 Å². The third-order valence-electron chi connectivity index (χ3n) is 3.45. The van der Waals surface area contributed by atoms with Crippen LogP contribution in [0.15, 0.2) is 42.5 Å². The normalized spacial score (nSPS) is 12.8. The number of ether oxygens (including phenoxy) is 1. The number of benzene rings is 2. The molecule has 0 aliphatic carbocycles. The summed E-state index contributed by atoms with van der Waals surface area (Å²) in [6.45, 7) is 3.49. The van der Waals surface area contributed by atoms with Crippen molar-refractivity contribution < 1.29 is 9.53 Å². The lowest BCUT2D eigenvalue weighted by molar-refractivity contribution is -0.127. The highest BCUT2D eigenvalue weighted by molar-refractivity contribution is 6.35. The Hall–Kier alpha value is -2.22. The largest absolute Gasteiger partial charge is 0.481 e. The number of hydrogen-bond acceptors (Lipinski definition) is 3. The molecule has 0 aliphatic heterocycles. The van der Waals surface area contributed by atoms with E-state index in [9.17, 15) is 4.79 Å². The zero-order valence-electron chi connectivity index (χ0n) is 13.2. The molecule has 1 amide bonds. The lowest BCUT2D eigenvalue weighted by atomic mass is 10.1. The Balaban J connectivity index is 1.98. The first-order chi connectivity index (χ1) is 11.4. The molecule has 2 aromatic rings. The Morgan fingerprint density at radius 2 is 1.83 bits per heavy atom. The molecular formula is C18H16Cl2N2O2. The molecule has 2 aromatic carbocycles. The van der Waals surface area contributed by atoms with E-state index in [4.69, 9.17) is 33.2 Å². The van der Waals surface area contributed by atoms with Crippen molar-refractivity contribution in [1.29, 1.82) is 5.26 Å². The van der Waals surface area contributed by atoms with Crippen LogP contribution in [0, 0.1) is 11.3 Å². The Labute approximate surface area is 151 Å². The lowest BCUT2D eigenvalue weighted by Gasteiger charge is -2.20. The summed E-state index contributed by atoms with van der Waals surface area (Å²) in [7, 11) is 0. The third-order valence-corrected chi connectivity index (χ3v) is 4.02. The molecule has 2 rings (SSSR count). The topological polar surface area (TPSA) is 62.1 Å². The summed E-state index contributed by atoms with van der Waals surface area (Å²) in [4.78, 5) is 12.3. The predicted molar refractivity (Wildman–Crippen MR) is 94.3 cm³/mol. The summed E-state index contributed by atoms with van der Waals surface area (Å²) in [6.07, 6.45) is -0.688. The molecule has 0 saturated carbocycles. The van der Waals surface area contributed by atoms with Crippen LogP contribution in [-0.4, -0.2) is 12.0 Å². The van der Waals surface area contributed by atoms with Crippen molar-refractivity contribution in [3.63, 3.8) is 0 Å². The molecule has 0 heterocycles. The fourth-order valence-corrected chi connectivity index (χ4v) is 2.70. The van der Waals surface area contributed by atoms with Gasteiger partial charge >= 0.3 is 0 Å². The summed E-state index contributed by atoms with van der Waals surface area (Å²) >= 11 is 12.0. The number of amides is 1. The molecule has 0 bridgehead atoms. The smallest absolute Gasteiger partial charge is 0.261 e. The summed E-state index contributed by atoms with van der Waals surface area (Å²) < 4.78 is 5.59. The minimum absolute atomic E-state index is 0.266. The Morgan fingerprint density at radius 1 is 1.17 bits per heavy atom. The van der Waals surface area contributed by atoms with Gasteiger partial charge in [0.1, 0.15) is 5.75 Å². The SMILES string of the molecule is C[C@H](NC(=O)[C@@H](C)Oc1ccc(C#N)cc1)c1ccc(Cl)cc1Cl. The first kappa shape index (κ1) is 18.1. The van der Waals surface area contributed by atoms with Gasteiger partial charge in [-0.05, 0) is 55.8 Å². The summed E-state index contributed by atoms with van der Waals surface area (Å²) in [5, 5.41) is 12.7. The number of nitrogens with zero attached hydrogens (tertiary/aromatic N) is 1. The van der Waals surface area contributed by atoms with Crippen LogP contribution in [0.25, 0.3) is 0 Å². The number of nitrogens with one attached hydrogen (secondary N) is 1. The molecule has 4 nitrogen and oxygen atoms in total. The predicted octanol–water partition coefficient (Wildman–Crippen LogP) is 4.51. The van der Waals surface area contributed by atoms with Gasteiger partial charge in [0, 0.05) is 10.0 Å². The number of nitriles is 1. The maximum atomic E-state index is 12.3. The van der Waals surface area contributed by atoms with E-state index in [1.165, 1.54) is 0 Å². The van der Waals surface area contributed by atoms with Crippen LogP contribution in [0.4, 0.5) is 0 Å². The number of halogens is 2. The first-order valence-electron chi connectivity index (χ1n) is 7.33. The number of hydrogen-bond donors (Lipinski definition) is 1. The Morgan fingerprint density at radius 3 is 2.42 bits per heavy atom. The minimum atomic E-state index is -0.688. The average molecular weight is 363 g/mol. The van der Waals surface area contributed by atoms with Gasteiger partial charge in [0.15, 0.2) is 6.10 Å². The van der Waals surface area contributed by atoms with Gasteiger partial charge in [-0.15, -0.1) is 0 Å². The van der Waals surface area contributed by atoms with Crippen molar-refractivity contribution in [3.05, 3.63) is 63.6 Å². The fraction of sp³-hybridized carbons (Fsp3) is 0.222. The maximum absolute atomic E-state index is 12.3. The highest BCUT2D eigenvalue weighted by atomic mass is 35.5. The van der Waals surface area contributed by atoms with E-state index in [1.54, 1.807) is 49.4 Å². The van der Waals surface area contributed by atoms with E-state index < -0.39 is 6.10 Å². The third kappa shape index (κ3) is 4.64. The van der Waals surface area contributed by atoms with E-state index in [0.717, 1.165) is 5.56 Å². The van der Waals surface area contributed by atoms with Crippen LogP contribution in [0.5, 0.6) is 5.75 Å². The second-order valence-electron chi connectivity index (χ2n) is 5.29. The molecule has 1 N–H and O–H groups in total.